The highest BCUT2D eigenvalue weighted by atomic mass is 16.1. The van der Waals surface area contributed by atoms with Crippen LogP contribution in [0.5, 0.6) is 0 Å². The molecular weight excluding hydrogens is 224 g/mol. The maximum absolute atomic E-state index is 11.6. The summed E-state index contributed by atoms with van der Waals surface area (Å²) < 4.78 is 0. The average Bonchev–Trinajstić information content (AvgIpc) is 2.90. The van der Waals surface area contributed by atoms with Gasteiger partial charge in [-0.15, -0.1) is 0 Å². The molecule has 2 bridgehead atoms. The molecule has 0 aliphatic heterocycles. The molecule has 2 N–H and O–H groups in total. The number of carbonyl (C=O) groups excluding carboxylic acids is 1. The van der Waals surface area contributed by atoms with Crippen LogP contribution in [0.3, 0.4) is 0 Å². The van der Waals surface area contributed by atoms with Gasteiger partial charge in [0.05, 0.1) is 6.54 Å². The highest BCUT2D eigenvalue weighted by Crippen LogP contribution is 2.47. The normalized spacial score (nSPS) is 30.1. The third kappa shape index (κ3) is 3.98. The third-order valence-corrected chi connectivity index (χ3v) is 4.62. The van der Waals surface area contributed by atoms with Gasteiger partial charge < -0.3 is 10.6 Å². The molecule has 2 saturated carbocycles. The summed E-state index contributed by atoms with van der Waals surface area (Å²) in [5.74, 6) is 3.60. The summed E-state index contributed by atoms with van der Waals surface area (Å²) >= 11 is 0. The summed E-state index contributed by atoms with van der Waals surface area (Å²) in [5.41, 5.74) is 0. The van der Waals surface area contributed by atoms with Gasteiger partial charge in [-0.2, -0.15) is 0 Å². The molecule has 0 aromatic heterocycles. The molecule has 3 atom stereocenters. The lowest BCUT2D eigenvalue weighted by molar-refractivity contribution is -0.120. The molecular formula is C15H28N2O. The van der Waals surface area contributed by atoms with E-state index in [1.165, 1.54) is 25.7 Å². The Morgan fingerprint density at radius 3 is 2.72 bits per heavy atom. The van der Waals surface area contributed by atoms with Gasteiger partial charge in [-0.25, -0.2) is 0 Å². The van der Waals surface area contributed by atoms with E-state index in [2.05, 4.69) is 24.5 Å². The molecule has 0 aromatic rings. The van der Waals surface area contributed by atoms with Crippen molar-refractivity contribution in [1.29, 1.82) is 0 Å². The van der Waals surface area contributed by atoms with Crippen LogP contribution >= 0.6 is 0 Å². The molecule has 0 heterocycles. The fraction of sp³-hybridized carbons (Fsp3) is 0.933. The van der Waals surface area contributed by atoms with Crippen molar-refractivity contribution >= 4 is 5.91 Å². The van der Waals surface area contributed by atoms with E-state index >= 15 is 0 Å². The van der Waals surface area contributed by atoms with Crippen molar-refractivity contribution in [3.8, 4) is 0 Å². The lowest BCUT2D eigenvalue weighted by Crippen LogP contribution is -2.37. The van der Waals surface area contributed by atoms with E-state index in [0.29, 0.717) is 12.5 Å². The first-order valence-electron chi connectivity index (χ1n) is 7.62. The van der Waals surface area contributed by atoms with Crippen LogP contribution in [0, 0.1) is 23.7 Å². The van der Waals surface area contributed by atoms with Crippen LogP contribution in [-0.4, -0.2) is 25.5 Å². The fourth-order valence-electron chi connectivity index (χ4n) is 3.56. The third-order valence-electron chi connectivity index (χ3n) is 4.62. The first-order chi connectivity index (χ1) is 8.65. The number of nitrogens with one attached hydrogen (secondary N) is 2. The molecule has 3 unspecified atom stereocenters. The van der Waals surface area contributed by atoms with Crippen molar-refractivity contribution in [1.82, 2.24) is 10.6 Å². The summed E-state index contributed by atoms with van der Waals surface area (Å²) in [6, 6.07) is 0. The number of fused-ring (bicyclic) bond motifs is 2. The Hall–Kier alpha value is -0.570. The Kier molecular flexibility index (Phi) is 5.04. The second-order valence-corrected chi connectivity index (χ2v) is 6.60. The fourth-order valence-corrected chi connectivity index (χ4v) is 3.56. The predicted molar refractivity (Wildman–Crippen MR) is 74.3 cm³/mol. The molecule has 3 heteroatoms. The first kappa shape index (κ1) is 13.9. The van der Waals surface area contributed by atoms with Gasteiger partial charge in [-0.05, 0) is 55.9 Å². The molecule has 104 valence electrons. The van der Waals surface area contributed by atoms with E-state index in [4.69, 9.17) is 0 Å². The summed E-state index contributed by atoms with van der Waals surface area (Å²) in [5, 5.41) is 6.31. The standard InChI is InChI=1S/C15H28N2O/c1-11(2)5-6-17-15(18)10-16-9-14-8-12-3-4-13(14)7-12/h11-14,16H,3-10H2,1-2H3,(H,17,18). The minimum absolute atomic E-state index is 0.152. The number of carbonyl (C=O) groups is 1. The van der Waals surface area contributed by atoms with E-state index in [1.54, 1.807) is 0 Å². The minimum atomic E-state index is 0.152. The second-order valence-electron chi connectivity index (χ2n) is 6.60. The SMILES string of the molecule is CC(C)CCNC(=O)CNCC1CC2CCC1C2. The van der Waals surface area contributed by atoms with Crippen LogP contribution < -0.4 is 10.6 Å². The summed E-state index contributed by atoms with van der Waals surface area (Å²) in [6.45, 7) is 6.70. The highest BCUT2D eigenvalue weighted by Gasteiger charge is 2.38. The quantitative estimate of drug-likeness (QED) is 0.729. The van der Waals surface area contributed by atoms with Crippen LogP contribution in [0.4, 0.5) is 0 Å². The van der Waals surface area contributed by atoms with Crippen LogP contribution in [0.25, 0.3) is 0 Å². The Morgan fingerprint density at radius 2 is 2.11 bits per heavy atom. The molecule has 2 aliphatic rings. The number of rotatable bonds is 7. The Morgan fingerprint density at radius 1 is 1.28 bits per heavy atom. The molecule has 18 heavy (non-hydrogen) atoms. The van der Waals surface area contributed by atoms with Gasteiger partial charge in [0.2, 0.25) is 5.91 Å². The Bertz CT molecular complexity index is 278. The molecule has 0 saturated heterocycles. The molecule has 2 fully saturated rings. The van der Waals surface area contributed by atoms with Crippen molar-refractivity contribution in [3.05, 3.63) is 0 Å². The largest absolute Gasteiger partial charge is 0.355 e. The molecule has 1 amide bonds. The summed E-state index contributed by atoms with van der Waals surface area (Å²) in [6.07, 6.45) is 6.80. The molecule has 0 radical (unpaired) electrons. The topological polar surface area (TPSA) is 41.1 Å². The lowest BCUT2D eigenvalue weighted by Gasteiger charge is -2.21. The lowest BCUT2D eigenvalue weighted by atomic mass is 9.89. The zero-order valence-corrected chi connectivity index (χ0v) is 11.9. The molecule has 2 rings (SSSR count). The first-order valence-corrected chi connectivity index (χ1v) is 7.62. The van der Waals surface area contributed by atoms with Gasteiger partial charge in [-0.3, -0.25) is 4.79 Å². The van der Waals surface area contributed by atoms with Crippen LogP contribution in [0.1, 0.15) is 46.0 Å². The van der Waals surface area contributed by atoms with Gasteiger partial charge in [0.25, 0.3) is 0 Å². The van der Waals surface area contributed by atoms with Crippen molar-refractivity contribution < 1.29 is 4.79 Å². The van der Waals surface area contributed by atoms with Gasteiger partial charge >= 0.3 is 0 Å². The van der Waals surface area contributed by atoms with Gasteiger partial charge in [0.1, 0.15) is 0 Å². The van der Waals surface area contributed by atoms with Crippen LogP contribution in [0.2, 0.25) is 0 Å². The van der Waals surface area contributed by atoms with Gasteiger partial charge in [-0.1, -0.05) is 20.3 Å². The van der Waals surface area contributed by atoms with Crippen molar-refractivity contribution in [2.24, 2.45) is 23.7 Å². The monoisotopic (exact) mass is 252 g/mol. The maximum atomic E-state index is 11.6. The van der Waals surface area contributed by atoms with Crippen LogP contribution in [0.15, 0.2) is 0 Å². The second kappa shape index (κ2) is 6.55. The molecule has 2 aliphatic carbocycles. The number of hydrogen-bond donors (Lipinski definition) is 2. The Labute approximate surface area is 111 Å². The van der Waals surface area contributed by atoms with Gasteiger partial charge in [0, 0.05) is 6.54 Å². The highest BCUT2D eigenvalue weighted by molar-refractivity contribution is 5.77. The van der Waals surface area contributed by atoms with E-state index in [0.717, 1.165) is 37.3 Å². The van der Waals surface area contributed by atoms with Crippen LogP contribution in [-0.2, 0) is 4.79 Å². The van der Waals surface area contributed by atoms with Crippen molar-refractivity contribution in [2.75, 3.05) is 19.6 Å². The molecule has 3 nitrogen and oxygen atoms in total. The van der Waals surface area contributed by atoms with Crippen molar-refractivity contribution in [2.45, 2.75) is 46.0 Å². The Balaban J connectivity index is 1.51. The van der Waals surface area contributed by atoms with E-state index in [1.807, 2.05) is 0 Å². The summed E-state index contributed by atoms with van der Waals surface area (Å²) in [4.78, 5) is 11.6. The van der Waals surface area contributed by atoms with Crippen molar-refractivity contribution in [3.63, 3.8) is 0 Å². The van der Waals surface area contributed by atoms with E-state index < -0.39 is 0 Å². The zero-order valence-electron chi connectivity index (χ0n) is 11.9. The van der Waals surface area contributed by atoms with E-state index in [9.17, 15) is 4.79 Å². The zero-order chi connectivity index (χ0) is 13.0. The maximum Gasteiger partial charge on any atom is 0.233 e. The average molecular weight is 252 g/mol. The minimum Gasteiger partial charge on any atom is -0.355 e. The molecule has 0 spiro atoms. The predicted octanol–water partition coefficient (Wildman–Crippen LogP) is 2.17. The molecule has 0 aromatic carbocycles. The van der Waals surface area contributed by atoms with Gasteiger partial charge in [0.15, 0.2) is 0 Å². The van der Waals surface area contributed by atoms with E-state index in [-0.39, 0.29) is 5.91 Å². The smallest absolute Gasteiger partial charge is 0.233 e. The number of hydrogen-bond acceptors (Lipinski definition) is 2. The summed E-state index contributed by atoms with van der Waals surface area (Å²) in [7, 11) is 0. The number of amides is 1.